The molecule has 11 heteroatoms. The number of rotatable bonds is 13. The summed E-state index contributed by atoms with van der Waals surface area (Å²) >= 11 is 6.47. The third-order valence-corrected chi connectivity index (χ3v) is 8.81. The van der Waals surface area contributed by atoms with E-state index in [1.54, 1.807) is 32.7 Å². The Morgan fingerprint density at radius 3 is 2.69 bits per heavy atom. The molecular weight excluding hydrogens is 575 g/mol. The van der Waals surface area contributed by atoms with Crippen LogP contribution < -0.4 is 25.4 Å². The van der Waals surface area contributed by atoms with Gasteiger partial charge >= 0.3 is 0 Å². The quantitative estimate of drug-likeness (QED) is 0.172. The summed E-state index contributed by atoms with van der Waals surface area (Å²) in [4.78, 5) is 20.8. The first-order valence-corrected chi connectivity index (χ1v) is 16.9. The van der Waals surface area contributed by atoms with Gasteiger partial charge < -0.3 is 29.4 Å². The minimum atomic E-state index is -2.67. The number of hydrogen-bond donors (Lipinski definition) is 2. The van der Waals surface area contributed by atoms with E-state index in [9.17, 15) is 9.36 Å². The van der Waals surface area contributed by atoms with E-state index < -0.39 is 7.14 Å². The Labute approximate surface area is 252 Å². The van der Waals surface area contributed by atoms with Crippen molar-refractivity contribution in [2.75, 3.05) is 50.9 Å². The molecule has 2 heterocycles. The van der Waals surface area contributed by atoms with E-state index in [0.717, 1.165) is 43.8 Å². The number of methoxy groups -OCH3 is 1. The second kappa shape index (κ2) is 14.7. The lowest BCUT2D eigenvalue weighted by molar-refractivity contribution is -0.111. The number of carbonyl (C=O) groups is 1. The zero-order chi connectivity index (χ0) is 30.1. The highest BCUT2D eigenvalue weighted by Gasteiger charge is 2.20. The van der Waals surface area contributed by atoms with Crippen LogP contribution in [0.5, 0.6) is 11.5 Å². The van der Waals surface area contributed by atoms with Crippen molar-refractivity contribution in [3.8, 4) is 11.5 Å². The van der Waals surface area contributed by atoms with Crippen molar-refractivity contribution in [2.24, 2.45) is 5.92 Å². The predicted molar refractivity (Wildman–Crippen MR) is 169 cm³/mol. The van der Waals surface area contributed by atoms with E-state index in [-0.39, 0.29) is 5.91 Å². The van der Waals surface area contributed by atoms with Gasteiger partial charge in [-0.05, 0) is 93.0 Å². The molecule has 3 aromatic rings. The first kappa shape index (κ1) is 31.5. The number of carbonyl (C=O) groups excluding carboxylic acids is 1. The molecule has 0 saturated carbocycles. The van der Waals surface area contributed by atoms with Gasteiger partial charge in [0.1, 0.15) is 29.5 Å². The highest BCUT2D eigenvalue weighted by Crippen LogP contribution is 2.40. The molecule has 0 aliphatic carbocycles. The van der Waals surface area contributed by atoms with E-state index in [2.05, 4.69) is 27.2 Å². The number of nitrogens with zero attached hydrogens (tertiary/aromatic N) is 2. The van der Waals surface area contributed by atoms with E-state index in [0.29, 0.717) is 64.5 Å². The molecule has 1 aromatic heterocycles. The second-order valence-electron chi connectivity index (χ2n) is 10.6. The number of hydrogen-bond acceptors (Lipinski definition) is 8. The molecule has 4 rings (SSSR count). The van der Waals surface area contributed by atoms with Crippen LogP contribution in [-0.2, 0) is 26.9 Å². The zero-order valence-corrected chi connectivity index (χ0v) is 26.0. The third-order valence-electron chi connectivity index (χ3n) is 7.00. The highest BCUT2D eigenvalue weighted by atomic mass is 35.5. The van der Waals surface area contributed by atoms with Gasteiger partial charge in [-0.3, -0.25) is 4.79 Å². The number of anilines is 3. The SMILES string of the molecule is C=CC(=O)Nc1ccc(OC)c(CCCc2ncc(Cl)c(Nc3ccc(OCC4CCOCC4)cc3P(C)(C)=O)n2)c1. The highest BCUT2D eigenvalue weighted by molar-refractivity contribution is 7.70. The van der Waals surface area contributed by atoms with Gasteiger partial charge in [-0.2, -0.15) is 0 Å². The number of ether oxygens (including phenoxy) is 3. The van der Waals surface area contributed by atoms with Crippen LogP contribution in [0, 0.1) is 5.92 Å². The van der Waals surface area contributed by atoms with Crippen LogP contribution in [0.3, 0.4) is 0 Å². The van der Waals surface area contributed by atoms with Crippen LogP contribution in [0.15, 0.2) is 55.3 Å². The largest absolute Gasteiger partial charge is 0.496 e. The maximum atomic E-state index is 13.2. The maximum absolute atomic E-state index is 13.2. The van der Waals surface area contributed by atoms with Crippen LogP contribution in [0.1, 0.15) is 30.7 Å². The Morgan fingerprint density at radius 2 is 1.98 bits per heavy atom. The number of aryl methyl sites for hydroxylation is 2. The topological polar surface area (TPSA) is 112 Å². The molecule has 0 unspecified atom stereocenters. The van der Waals surface area contributed by atoms with Crippen LogP contribution in [0.25, 0.3) is 0 Å². The number of halogens is 1. The minimum absolute atomic E-state index is 0.275. The maximum Gasteiger partial charge on any atom is 0.247 e. The van der Waals surface area contributed by atoms with E-state index in [1.807, 2.05) is 30.3 Å². The Kier molecular flexibility index (Phi) is 11.0. The fourth-order valence-electron chi connectivity index (χ4n) is 4.70. The third kappa shape index (κ3) is 8.81. The average Bonchev–Trinajstić information content (AvgIpc) is 2.98. The van der Waals surface area contributed by atoms with Crippen LogP contribution in [-0.4, -0.2) is 56.1 Å². The minimum Gasteiger partial charge on any atom is -0.496 e. The molecule has 2 aromatic carbocycles. The molecule has 42 heavy (non-hydrogen) atoms. The smallest absolute Gasteiger partial charge is 0.247 e. The van der Waals surface area contributed by atoms with Gasteiger partial charge in [-0.1, -0.05) is 18.2 Å². The van der Waals surface area contributed by atoms with E-state index in [4.69, 9.17) is 25.8 Å². The van der Waals surface area contributed by atoms with Crippen molar-refractivity contribution < 1.29 is 23.6 Å². The lowest BCUT2D eigenvalue weighted by Gasteiger charge is -2.23. The molecule has 2 N–H and O–H groups in total. The molecule has 1 aliphatic rings. The lowest BCUT2D eigenvalue weighted by Crippen LogP contribution is -2.21. The Balaban J connectivity index is 1.44. The van der Waals surface area contributed by atoms with Gasteiger partial charge in [0, 0.05) is 30.6 Å². The summed E-state index contributed by atoms with van der Waals surface area (Å²) in [5.41, 5.74) is 2.29. The fourth-order valence-corrected chi connectivity index (χ4v) is 5.99. The zero-order valence-electron chi connectivity index (χ0n) is 24.3. The number of amides is 1. The van der Waals surface area contributed by atoms with Crippen molar-refractivity contribution in [1.82, 2.24) is 9.97 Å². The number of nitrogens with one attached hydrogen (secondary N) is 2. The van der Waals surface area contributed by atoms with Gasteiger partial charge in [-0.25, -0.2) is 9.97 Å². The van der Waals surface area contributed by atoms with E-state index in [1.165, 1.54) is 6.08 Å². The van der Waals surface area contributed by atoms with Gasteiger partial charge in [0.15, 0.2) is 5.82 Å². The van der Waals surface area contributed by atoms with E-state index >= 15 is 0 Å². The predicted octanol–water partition coefficient (Wildman–Crippen LogP) is 6.24. The summed E-state index contributed by atoms with van der Waals surface area (Å²) in [6, 6.07) is 11.1. The lowest BCUT2D eigenvalue weighted by atomic mass is 10.0. The average molecular weight is 613 g/mol. The molecule has 0 spiro atoms. The standard InChI is InChI=1S/C31H38ClN4O5P/c1-5-30(37)34-23-9-12-27(39-2)22(17-23)7-6-8-29-33-19-25(32)31(36-29)35-26-11-10-24(18-28(26)42(3,4)38)41-20-21-13-15-40-16-14-21/h5,9-12,17-19,21H,1,6-8,13-16,20H2,2-4H3,(H,34,37)(H,33,35,36). The Hall–Kier alpha value is -3.39. The monoisotopic (exact) mass is 612 g/mol. The molecule has 224 valence electrons. The summed E-state index contributed by atoms with van der Waals surface area (Å²) in [5, 5.41) is 7.08. The fraction of sp³-hybridized carbons (Fsp3) is 0.387. The van der Waals surface area contributed by atoms with Crippen LogP contribution in [0.4, 0.5) is 17.2 Å². The summed E-state index contributed by atoms with van der Waals surface area (Å²) in [6.45, 7) is 9.09. The summed E-state index contributed by atoms with van der Waals surface area (Å²) in [6.07, 6.45) is 6.77. The summed E-state index contributed by atoms with van der Waals surface area (Å²) in [5.74, 6) is 2.66. The molecule has 9 nitrogen and oxygen atoms in total. The van der Waals surface area contributed by atoms with Crippen molar-refractivity contribution in [3.05, 3.63) is 71.7 Å². The molecule has 1 aliphatic heterocycles. The second-order valence-corrected chi connectivity index (χ2v) is 14.2. The van der Waals surface area contributed by atoms with Gasteiger partial charge in [0.05, 0.1) is 25.6 Å². The van der Waals surface area contributed by atoms with Crippen molar-refractivity contribution in [1.29, 1.82) is 0 Å². The van der Waals surface area contributed by atoms with Crippen molar-refractivity contribution in [3.63, 3.8) is 0 Å². The summed E-state index contributed by atoms with van der Waals surface area (Å²) < 4.78 is 30.3. The van der Waals surface area contributed by atoms with Crippen LogP contribution >= 0.6 is 18.7 Å². The van der Waals surface area contributed by atoms with Gasteiger partial charge in [0.25, 0.3) is 0 Å². The molecule has 0 atom stereocenters. The molecule has 1 amide bonds. The van der Waals surface area contributed by atoms with Gasteiger partial charge in [-0.15, -0.1) is 0 Å². The first-order chi connectivity index (χ1) is 20.2. The summed E-state index contributed by atoms with van der Waals surface area (Å²) in [7, 11) is -1.05. The first-order valence-electron chi connectivity index (χ1n) is 13.9. The number of aromatic nitrogens is 2. The van der Waals surface area contributed by atoms with Crippen molar-refractivity contribution in [2.45, 2.75) is 32.1 Å². The molecule has 0 bridgehead atoms. The normalized spacial score (nSPS) is 13.8. The number of benzene rings is 2. The van der Waals surface area contributed by atoms with Crippen molar-refractivity contribution >= 4 is 47.1 Å². The Bertz CT molecular complexity index is 1460. The van der Waals surface area contributed by atoms with Crippen LogP contribution in [0.2, 0.25) is 5.02 Å². The van der Waals surface area contributed by atoms with Gasteiger partial charge in [0.2, 0.25) is 5.91 Å². The molecular formula is C31H38ClN4O5P. The Morgan fingerprint density at radius 1 is 1.19 bits per heavy atom. The molecule has 0 radical (unpaired) electrons. The molecule has 1 fully saturated rings. The molecule has 1 saturated heterocycles.